The number of hydrogen-bond acceptors (Lipinski definition) is 5. The van der Waals surface area contributed by atoms with Crippen molar-refractivity contribution in [2.24, 2.45) is 5.73 Å². The van der Waals surface area contributed by atoms with Crippen LogP contribution >= 0.6 is 0 Å². The highest BCUT2D eigenvalue weighted by molar-refractivity contribution is 5.69. The molecule has 1 atom stereocenters. The predicted molar refractivity (Wildman–Crippen MR) is 75.1 cm³/mol. The third-order valence-corrected chi connectivity index (χ3v) is 3.33. The summed E-state index contributed by atoms with van der Waals surface area (Å²) in [4.78, 5) is 11.3. The molecule has 0 radical (unpaired) electrons. The summed E-state index contributed by atoms with van der Waals surface area (Å²) in [6, 6.07) is 3.98. The van der Waals surface area contributed by atoms with Crippen LogP contribution in [0.5, 0.6) is 11.5 Å². The summed E-state index contributed by atoms with van der Waals surface area (Å²) in [5.74, 6) is 1.27. The molecule has 0 amide bonds. The van der Waals surface area contributed by atoms with E-state index in [9.17, 15) is 4.79 Å². The van der Waals surface area contributed by atoms with Crippen LogP contribution in [0.15, 0.2) is 12.1 Å². The topological polar surface area (TPSA) is 70.8 Å². The molecule has 20 heavy (non-hydrogen) atoms. The number of esters is 1. The molecule has 5 heteroatoms. The van der Waals surface area contributed by atoms with Gasteiger partial charge in [0.25, 0.3) is 0 Å². The summed E-state index contributed by atoms with van der Waals surface area (Å²) in [5, 5.41) is 0. The molecule has 1 aliphatic carbocycles. The van der Waals surface area contributed by atoms with Crippen molar-refractivity contribution in [3.63, 3.8) is 0 Å². The van der Waals surface area contributed by atoms with Crippen LogP contribution in [0.4, 0.5) is 0 Å². The first kappa shape index (κ1) is 14.7. The lowest BCUT2D eigenvalue weighted by Gasteiger charge is -2.12. The molecule has 1 aromatic carbocycles. The van der Waals surface area contributed by atoms with Gasteiger partial charge in [-0.3, -0.25) is 4.79 Å². The fourth-order valence-corrected chi connectivity index (χ4v) is 2.43. The van der Waals surface area contributed by atoms with Gasteiger partial charge < -0.3 is 19.9 Å². The third-order valence-electron chi connectivity index (χ3n) is 3.33. The first-order chi connectivity index (χ1) is 9.63. The van der Waals surface area contributed by atoms with E-state index in [4.69, 9.17) is 19.9 Å². The first-order valence-corrected chi connectivity index (χ1v) is 6.87. The molecular formula is C15H21NO4. The smallest absolute Gasteiger partial charge is 0.309 e. The first-order valence-electron chi connectivity index (χ1n) is 6.87. The molecule has 1 aliphatic rings. The molecular weight excluding hydrogens is 258 g/mol. The number of nitrogens with two attached hydrogens (primary N) is 1. The van der Waals surface area contributed by atoms with E-state index in [2.05, 4.69) is 0 Å². The molecule has 2 rings (SSSR count). The minimum Gasteiger partial charge on any atom is -0.497 e. The van der Waals surface area contributed by atoms with E-state index in [1.807, 2.05) is 12.1 Å². The molecule has 0 fully saturated rings. The molecule has 5 nitrogen and oxygen atoms in total. The lowest BCUT2D eigenvalue weighted by molar-refractivity contribution is -0.143. The van der Waals surface area contributed by atoms with Gasteiger partial charge in [0.15, 0.2) is 0 Å². The summed E-state index contributed by atoms with van der Waals surface area (Å²) in [7, 11) is 1.62. The van der Waals surface area contributed by atoms with Gasteiger partial charge in [-0.15, -0.1) is 0 Å². The second-order valence-electron chi connectivity index (χ2n) is 4.84. The van der Waals surface area contributed by atoms with Crippen LogP contribution in [0.1, 0.15) is 24.5 Å². The Morgan fingerprint density at radius 1 is 1.40 bits per heavy atom. The Bertz CT molecular complexity index is 487. The zero-order chi connectivity index (χ0) is 14.5. The number of benzene rings is 1. The Morgan fingerprint density at radius 3 is 2.90 bits per heavy atom. The number of hydrogen-bond donors (Lipinski definition) is 1. The second-order valence-corrected chi connectivity index (χ2v) is 4.84. The molecule has 0 bridgehead atoms. The largest absolute Gasteiger partial charge is 0.497 e. The quantitative estimate of drug-likeness (QED) is 0.798. The van der Waals surface area contributed by atoms with Crippen LogP contribution in [0.3, 0.4) is 0 Å². The number of carbonyl (C=O) groups excluding carboxylic acids is 1. The van der Waals surface area contributed by atoms with Crippen LogP contribution in [-0.4, -0.2) is 32.3 Å². The van der Waals surface area contributed by atoms with Gasteiger partial charge in [0, 0.05) is 12.1 Å². The van der Waals surface area contributed by atoms with Crippen LogP contribution in [0, 0.1) is 0 Å². The number of fused-ring (bicyclic) bond motifs is 1. The van der Waals surface area contributed by atoms with E-state index in [0.717, 1.165) is 29.9 Å². The molecule has 0 saturated carbocycles. The van der Waals surface area contributed by atoms with Crippen molar-refractivity contribution in [3.05, 3.63) is 23.3 Å². The van der Waals surface area contributed by atoms with Gasteiger partial charge in [-0.05, 0) is 37.0 Å². The lowest BCUT2D eigenvalue weighted by atomic mass is 10.1. The Morgan fingerprint density at radius 2 is 2.20 bits per heavy atom. The lowest BCUT2D eigenvalue weighted by Crippen LogP contribution is -2.19. The minimum absolute atomic E-state index is 0.129. The standard InChI is InChI=1S/C15H21NO4/c1-3-19-15(17)4-5-20-14-9-12(18-2)7-10-6-11(16)8-13(10)14/h7,9,11H,3-6,8,16H2,1-2H3. The normalized spacial score (nSPS) is 16.6. The zero-order valence-electron chi connectivity index (χ0n) is 12.0. The summed E-state index contributed by atoms with van der Waals surface area (Å²) >= 11 is 0. The summed E-state index contributed by atoms with van der Waals surface area (Å²) in [6.45, 7) is 2.48. The van der Waals surface area contributed by atoms with Crippen molar-refractivity contribution in [3.8, 4) is 11.5 Å². The van der Waals surface area contributed by atoms with Crippen molar-refractivity contribution in [1.82, 2.24) is 0 Å². The number of ether oxygens (including phenoxy) is 3. The number of methoxy groups -OCH3 is 1. The molecule has 110 valence electrons. The van der Waals surface area contributed by atoms with E-state index in [0.29, 0.717) is 13.2 Å². The molecule has 0 spiro atoms. The van der Waals surface area contributed by atoms with Crippen LogP contribution in [0.2, 0.25) is 0 Å². The van der Waals surface area contributed by atoms with E-state index in [-0.39, 0.29) is 18.4 Å². The minimum atomic E-state index is -0.247. The molecule has 1 unspecified atom stereocenters. The monoisotopic (exact) mass is 279 g/mol. The fraction of sp³-hybridized carbons (Fsp3) is 0.533. The molecule has 2 N–H and O–H groups in total. The van der Waals surface area contributed by atoms with Gasteiger partial charge in [0.1, 0.15) is 11.5 Å². The van der Waals surface area contributed by atoms with Crippen LogP contribution < -0.4 is 15.2 Å². The molecule has 0 saturated heterocycles. The Hall–Kier alpha value is -1.75. The number of carbonyl (C=O) groups is 1. The molecule has 0 aliphatic heterocycles. The maximum absolute atomic E-state index is 11.3. The Labute approximate surface area is 119 Å². The van der Waals surface area contributed by atoms with Crippen LogP contribution in [-0.2, 0) is 22.4 Å². The van der Waals surface area contributed by atoms with Gasteiger partial charge in [-0.25, -0.2) is 0 Å². The SMILES string of the molecule is CCOC(=O)CCOc1cc(OC)cc2c1CC(N)C2. The van der Waals surface area contributed by atoms with Crippen molar-refractivity contribution < 1.29 is 19.0 Å². The van der Waals surface area contributed by atoms with Gasteiger partial charge >= 0.3 is 5.97 Å². The molecule has 0 heterocycles. The van der Waals surface area contributed by atoms with Crippen molar-refractivity contribution in [1.29, 1.82) is 0 Å². The number of rotatable bonds is 6. The summed E-state index contributed by atoms with van der Waals surface area (Å²) < 4.78 is 15.9. The zero-order valence-corrected chi connectivity index (χ0v) is 12.0. The molecule has 1 aromatic rings. The highest BCUT2D eigenvalue weighted by atomic mass is 16.5. The summed E-state index contributed by atoms with van der Waals surface area (Å²) in [6.07, 6.45) is 1.88. The van der Waals surface area contributed by atoms with Crippen molar-refractivity contribution in [2.45, 2.75) is 32.2 Å². The van der Waals surface area contributed by atoms with E-state index in [1.165, 1.54) is 5.56 Å². The summed E-state index contributed by atoms with van der Waals surface area (Å²) in [5.41, 5.74) is 8.29. The Kier molecular flexibility index (Phi) is 4.84. The highest BCUT2D eigenvalue weighted by Crippen LogP contribution is 2.34. The van der Waals surface area contributed by atoms with Gasteiger partial charge in [-0.2, -0.15) is 0 Å². The van der Waals surface area contributed by atoms with Gasteiger partial charge in [0.05, 0.1) is 26.7 Å². The average molecular weight is 279 g/mol. The fourth-order valence-electron chi connectivity index (χ4n) is 2.43. The maximum atomic E-state index is 11.3. The Balaban J connectivity index is 2.04. The van der Waals surface area contributed by atoms with Gasteiger partial charge in [-0.1, -0.05) is 0 Å². The second kappa shape index (κ2) is 6.61. The van der Waals surface area contributed by atoms with Crippen molar-refractivity contribution in [2.75, 3.05) is 20.3 Å². The van der Waals surface area contributed by atoms with E-state index < -0.39 is 0 Å². The average Bonchev–Trinajstić information content (AvgIpc) is 2.79. The predicted octanol–water partition coefficient (Wildman–Crippen LogP) is 1.45. The van der Waals surface area contributed by atoms with Crippen LogP contribution in [0.25, 0.3) is 0 Å². The van der Waals surface area contributed by atoms with E-state index >= 15 is 0 Å². The highest BCUT2D eigenvalue weighted by Gasteiger charge is 2.23. The molecule has 0 aromatic heterocycles. The maximum Gasteiger partial charge on any atom is 0.309 e. The van der Waals surface area contributed by atoms with E-state index in [1.54, 1.807) is 14.0 Å². The van der Waals surface area contributed by atoms with Crippen molar-refractivity contribution >= 4 is 5.97 Å². The third kappa shape index (κ3) is 3.42. The van der Waals surface area contributed by atoms with Gasteiger partial charge in [0.2, 0.25) is 0 Å².